The van der Waals surface area contributed by atoms with Gasteiger partial charge in [0.05, 0.1) is 0 Å². The minimum atomic E-state index is -0.105. The topological polar surface area (TPSA) is 15.3 Å². The summed E-state index contributed by atoms with van der Waals surface area (Å²) in [7, 11) is 2.07. The van der Waals surface area contributed by atoms with E-state index in [4.69, 9.17) is 0 Å². The van der Waals surface area contributed by atoms with Crippen LogP contribution in [0.2, 0.25) is 0 Å². The molecule has 20 heavy (non-hydrogen) atoms. The molecule has 0 aromatic heterocycles. The van der Waals surface area contributed by atoms with Gasteiger partial charge in [0.25, 0.3) is 0 Å². The van der Waals surface area contributed by atoms with E-state index >= 15 is 0 Å². The number of hydrogen-bond donors (Lipinski definition) is 1. The van der Waals surface area contributed by atoms with Gasteiger partial charge in [0.1, 0.15) is 5.82 Å². The average Bonchev–Trinajstić information content (AvgIpc) is 2.48. The van der Waals surface area contributed by atoms with Crippen molar-refractivity contribution in [2.45, 2.75) is 51.1 Å². The summed E-state index contributed by atoms with van der Waals surface area (Å²) < 4.78 is 13.8. The zero-order valence-electron chi connectivity index (χ0n) is 12.7. The molecule has 1 saturated carbocycles. The summed E-state index contributed by atoms with van der Waals surface area (Å²) >= 11 is 0. The van der Waals surface area contributed by atoms with Crippen molar-refractivity contribution < 1.29 is 4.39 Å². The smallest absolute Gasteiger partial charge is 0.127 e. The lowest BCUT2D eigenvalue weighted by atomic mass is 9.95. The molecule has 112 valence electrons. The third-order valence-electron chi connectivity index (χ3n) is 4.52. The number of nitrogens with one attached hydrogen (secondary N) is 1. The number of benzene rings is 1. The molecule has 1 atom stereocenters. The fraction of sp³-hybridized carbons (Fsp3) is 0.647. The fourth-order valence-corrected chi connectivity index (χ4v) is 3.00. The van der Waals surface area contributed by atoms with Crippen LogP contribution in [0.5, 0.6) is 0 Å². The third kappa shape index (κ3) is 4.29. The van der Waals surface area contributed by atoms with E-state index in [1.165, 1.54) is 32.1 Å². The Balaban J connectivity index is 1.76. The summed E-state index contributed by atoms with van der Waals surface area (Å²) in [4.78, 5) is 2.22. The van der Waals surface area contributed by atoms with Crippen LogP contribution in [0.15, 0.2) is 24.3 Å². The largest absolute Gasteiger partial charge is 0.313 e. The highest BCUT2D eigenvalue weighted by molar-refractivity contribution is 5.20. The monoisotopic (exact) mass is 278 g/mol. The highest BCUT2D eigenvalue weighted by atomic mass is 19.1. The molecule has 1 aliphatic rings. The third-order valence-corrected chi connectivity index (χ3v) is 4.52. The van der Waals surface area contributed by atoms with Gasteiger partial charge in [-0.3, -0.25) is 4.90 Å². The predicted octanol–water partition coefficient (Wildman–Crippen LogP) is 3.74. The minimum Gasteiger partial charge on any atom is -0.313 e. The molecule has 0 bridgehead atoms. The van der Waals surface area contributed by atoms with Crippen LogP contribution < -0.4 is 5.32 Å². The number of halogens is 1. The maximum absolute atomic E-state index is 13.8. The van der Waals surface area contributed by atoms with E-state index in [1.807, 2.05) is 12.1 Å². The first-order valence-electron chi connectivity index (χ1n) is 7.86. The Morgan fingerprint density at radius 3 is 2.65 bits per heavy atom. The van der Waals surface area contributed by atoms with Crippen LogP contribution in [0, 0.1) is 5.82 Å². The molecule has 1 N–H and O–H groups in total. The SMILES string of the molecule is CC(c1ccccc1F)N(C)CCNC1CCCCC1. The zero-order valence-corrected chi connectivity index (χ0v) is 12.7. The molecule has 0 amide bonds. The number of rotatable bonds is 6. The van der Waals surface area contributed by atoms with Crippen LogP contribution in [-0.4, -0.2) is 31.1 Å². The second-order valence-electron chi connectivity index (χ2n) is 5.97. The van der Waals surface area contributed by atoms with E-state index in [2.05, 4.69) is 24.2 Å². The van der Waals surface area contributed by atoms with Crippen molar-refractivity contribution in [2.24, 2.45) is 0 Å². The molecule has 2 rings (SSSR count). The molecule has 2 nitrogen and oxygen atoms in total. The molecular formula is C17H27FN2. The van der Waals surface area contributed by atoms with Crippen molar-refractivity contribution in [1.29, 1.82) is 0 Å². The molecule has 0 saturated heterocycles. The first kappa shape index (κ1) is 15.5. The van der Waals surface area contributed by atoms with E-state index in [1.54, 1.807) is 12.1 Å². The lowest BCUT2D eigenvalue weighted by molar-refractivity contribution is 0.246. The molecule has 0 spiro atoms. The van der Waals surface area contributed by atoms with Crippen LogP contribution in [-0.2, 0) is 0 Å². The molecule has 1 fully saturated rings. The summed E-state index contributed by atoms with van der Waals surface area (Å²) in [6, 6.07) is 7.88. The molecule has 1 aromatic carbocycles. The van der Waals surface area contributed by atoms with Gasteiger partial charge in [-0.1, -0.05) is 37.5 Å². The molecular weight excluding hydrogens is 251 g/mol. The highest BCUT2D eigenvalue weighted by Crippen LogP contribution is 2.21. The Hall–Kier alpha value is -0.930. The van der Waals surface area contributed by atoms with Gasteiger partial charge in [0.2, 0.25) is 0 Å². The summed E-state index contributed by atoms with van der Waals surface area (Å²) in [5.41, 5.74) is 0.785. The van der Waals surface area contributed by atoms with Crippen molar-refractivity contribution in [2.75, 3.05) is 20.1 Å². The van der Waals surface area contributed by atoms with Crippen molar-refractivity contribution in [1.82, 2.24) is 10.2 Å². The standard InChI is InChI=1S/C17H27FN2/c1-14(16-10-6-7-11-17(16)18)20(2)13-12-19-15-8-4-3-5-9-15/h6-7,10-11,14-15,19H,3-5,8-9,12-13H2,1-2H3. The summed E-state index contributed by atoms with van der Waals surface area (Å²) in [6.07, 6.45) is 6.74. The van der Waals surface area contributed by atoms with Crippen molar-refractivity contribution in [3.63, 3.8) is 0 Å². The van der Waals surface area contributed by atoms with E-state index in [0.29, 0.717) is 6.04 Å². The quantitative estimate of drug-likeness (QED) is 0.852. The maximum atomic E-state index is 13.8. The van der Waals surface area contributed by atoms with Crippen LogP contribution in [0.25, 0.3) is 0 Å². The van der Waals surface area contributed by atoms with Crippen LogP contribution in [0.3, 0.4) is 0 Å². The molecule has 1 unspecified atom stereocenters. The summed E-state index contributed by atoms with van der Waals surface area (Å²) in [5.74, 6) is -0.105. The lowest BCUT2D eigenvalue weighted by Crippen LogP contribution is -2.37. The summed E-state index contributed by atoms with van der Waals surface area (Å²) in [5, 5.41) is 3.64. The van der Waals surface area contributed by atoms with Crippen LogP contribution in [0.4, 0.5) is 4.39 Å². The Labute approximate surface area is 122 Å². The van der Waals surface area contributed by atoms with E-state index < -0.39 is 0 Å². The van der Waals surface area contributed by atoms with Gasteiger partial charge < -0.3 is 5.32 Å². The van der Waals surface area contributed by atoms with E-state index in [0.717, 1.165) is 18.7 Å². The van der Waals surface area contributed by atoms with Crippen LogP contribution >= 0.6 is 0 Å². The van der Waals surface area contributed by atoms with E-state index in [9.17, 15) is 4.39 Å². The van der Waals surface area contributed by atoms with Crippen molar-refractivity contribution in [3.05, 3.63) is 35.6 Å². The Bertz CT molecular complexity index is 402. The van der Waals surface area contributed by atoms with Gasteiger partial charge in [-0.15, -0.1) is 0 Å². The molecule has 1 aliphatic carbocycles. The second-order valence-corrected chi connectivity index (χ2v) is 5.97. The van der Waals surface area contributed by atoms with Gasteiger partial charge in [0.15, 0.2) is 0 Å². The average molecular weight is 278 g/mol. The highest BCUT2D eigenvalue weighted by Gasteiger charge is 2.16. The maximum Gasteiger partial charge on any atom is 0.127 e. The first-order valence-corrected chi connectivity index (χ1v) is 7.86. The molecule has 1 aromatic rings. The Morgan fingerprint density at radius 1 is 1.25 bits per heavy atom. The Morgan fingerprint density at radius 2 is 1.95 bits per heavy atom. The second kappa shape index (κ2) is 7.75. The van der Waals surface area contributed by atoms with E-state index in [-0.39, 0.29) is 11.9 Å². The minimum absolute atomic E-state index is 0.105. The lowest BCUT2D eigenvalue weighted by Gasteiger charge is -2.28. The number of nitrogens with zero attached hydrogens (tertiary/aromatic N) is 1. The number of likely N-dealkylation sites (N-methyl/N-ethyl adjacent to an activating group) is 1. The van der Waals surface area contributed by atoms with Gasteiger partial charge in [-0.25, -0.2) is 4.39 Å². The van der Waals surface area contributed by atoms with Crippen molar-refractivity contribution in [3.8, 4) is 0 Å². The first-order chi connectivity index (χ1) is 9.68. The molecule has 3 heteroatoms. The van der Waals surface area contributed by atoms with Crippen LogP contribution in [0.1, 0.15) is 50.6 Å². The van der Waals surface area contributed by atoms with Gasteiger partial charge in [-0.2, -0.15) is 0 Å². The summed E-state index contributed by atoms with van der Waals surface area (Å²) in [6.45, 7) is 4.00. The molecule has 0 radical (unpaired) electrons. The molecule has 0 heterocycles. The zero-order chi connectivity index (χ0) is 14.4. The normalized spacial score (nSPS) is 18.4. The van der Waals surface area contributed by atoms with Crippen molar-refractivity contribution >= 4 is 0 Å². The van der Waals surface area contributed by atoms with Gasteiger partial charge >= 0.3 is 0 Å². The van der Waals surface area contributed by atoms with Gasteiger partial charge in [-0.05, 0) is 32.9 Å². The van der Waals surface area contributed by atoms with Gasteiger partial charge in [0, 0.05) is 30.7 Å². The Kier molecular flexibility index (Phi) is 5.99. The molecule has 0 aliphatic heterocycles. The number of hydrogen-bond acceptors (Lipinski definition) is 2. The fourth-order valence-electron chi connectivity index (χ4n) is 3.00. The predicted molar refractivity (Wildman–Crippen MR) is 82.3 cm³/mol.